The summed E-state index contributed by atoms with van der Waals surface area (Å²) in [6.45, 7) is 0.150. The predicted molar refractivity (Wildman–Crippen MR) is 84.6 cm³/mol. The second-order valence-electron chi connectivity index (χ2n) is 5.99. The fraction of sp³-hybridized carbons (Fsp3) is 0.353. The quantitative estimate of drug-likeness (QED) is 0.705. The summed E-state index contributed by atoms with van der Waals surface area (Å²) in [6.07, 6.45) is 2.02. The number of hydrogen-bond donors (Lipinski definition) is 0. The minimum absolute atomic E-state index is 0.0895. The van der Waals surface area contributed by atoms with Crippen LogP contribution in [0.25, 0.3) is 0 Å². The number of halogens is 2. The highest BCUT2D eigenvalue weighted by Gasteiger charge is 2.46. The average Bonchev–Trinajstić information content (AvgIpc) is 2.90. The van der Waals surface area contributed by atoms with Crippen LogP contribution in [0.1, 0.15) is 30.7 Å². The normalized spacial score (nSPS) is 26.6. The number of hydrogen-bond acceptors (Lipinski definition) is 4. The number of carbonyl (C=O) groups is 2. The van der Waals surface area contributed by atoms with Crippen LogP contribution in [0.15, 0.2) is 38.9 Å². The van der Waals surface area contributed by atoms with Crippen molar-refractivity contribution in [2.24, 2.45) is 10.9 Å². The molecule has 0 saturated heterocycles. The van der Waals surface area contributed by atoms with Gasteiger partial charge in [0.2, 0.25) is 0 Å². The Morgan fingerprint density at radius 3 is 2.83 bits per heavy atom. The highest BCUT2D eigenvalue weighted by molar-refractivity contribution is 9.10. The van der Waals surface area contributed by atoms with Crippen molar-refractivity contribution in [3.63, 3.8) is 0 Å². The van der Waals surface area contributed by atoms with Gasteiger partial charge >= 0.3 is 5.97 Å². The number of rotatable bonds is 1. The summed E-state index contributed by atoms with van der Waals surface area (Å²) < 4.78 is 19.0. The predicted octanol–water partition coefficient (Wildman–Crippen LogP) is 3.31. The summed E-state index contributed by atoms with van der Waals surface area (Å²) in [5, 5.41) is 0. The Kier molecular flexibility index (Phi) is 3.44. The van der Waals surface area contributed by atoms with Crippen LogP contribution in [0.3, 0.4) is 0 Å². The van der Waals surface area contributed by atoms with E-state index in [1.54, 1.807) is 12.1 Å². The Balaban J connectivity index is 1.89. The number of carbonyl (C=O) groups excluding carboxylic acids is 2. The van der Waals surface area contributed by atoms with E-state index in [1.165, 1.54) is 6.07 Å². The molecule has 1 aromatic rings. The molecule has 1 aliphatic carbocycles. The smallest absolute Gasteiger partial charge is 0.337 e. The zero-order valence-electron chi connectivity index (χ0n) is 12.1. The lowest BCUT2D eigenvalue weighted by atomic mass is 9.70. The highest BCUT2D eigenvalue weighted by Crippen LogP contribution is 2.45. The van der Waals surface area contributed by atoms with Crippen molar-refractivity contribution in [3.05, 3.63) is 45.3 Å². The molecule has 2 atom stereocenters. The molecule has 1 saturated carbocycles. The lowest BCUT2D eigenvalue weighted by molar-refractivity contribution is -0.136. The number of ketones is 1. The van der Waals surface area contributed by atoms with Crippen molar-refractivity contribution < 1.29 is 18.7 Å². The van der Waals surface area contributed by atoms with E-state index in [9.17, 15) is 14.0 Å². The maximum atomic E-state index is 13.6. The highest BCUT2D eigenvalue weighted by atomic mass is 79.9. The minimum Gasteiger partial charge on any atom is -0.456 e. The van der Waals surface area contributed by atoms with Crippen LogP contribution in [0.5, 0.6) is 0 Å². The number of esters is 1. The van der Waals surface area contributed by atoms with Gasteiger partial charge in [0.05, 0.1) is 21.7 Å². The summed E-state index contributed by atoms with van der Waals surface area (Å²) in [5.41, 5.74) is 2.62. The van der Waals surface area contributed by atoms with E-state index >= 15 is 0 Å². The van der Waals surface area contributed by atoms with Crippen LogP contribution in [0.4, 0.5) is 4.39 Å². The van der Waals surface area contributed by atoms with Crippen molar-refractivity contribution in [1.82, 2.24) is 0 Å². The van der Waals surface area contributed by atoms with Crippen molar-refractivity contribution in [2.75, 3.05) is 6.61 Å². The summed E-state index contributed by atoms with van der Waals surface area (Å²) in [4.78, 5) is 29.2. The van der Waals surface area contributed by atoms with Crippen LogP contribution in [-0.2, 0) is 14.3 Å². The molecule has 4 nitrogen and oxygen atoms in total. The molecule has 0 bridgehead atoms. The van der Waals surface area contributed by atoms with Gasteiger partial charge in [-0.3, -0.25) is 9.79 Å². The Morgan fingerprint density at radius 1 is 1.22 bits per heavy atom. The van der Waals surface area contributed by atoms with E-state index in [-0.39, 0.29) is 18.2 Å². The molecule has 0 amide bonds. The van der Waals surface area contributed by atoms with E-state index in [4.69, 9.17) is 4.74 Å². The Hall–Kier alpha value is -1.82. The van der Waals surface area contributed by atoms with Gasteiger partial charge in [0.1, 0.15) is 18.2 Å². The molecule has 1 aromatic carbocycles. The van der Waals surface area contributed by atoms with Gasteiger partial charge in [0.25, 0.3) is 0 Å². The molecule has 6 heteroatoms. The van der Waals surface area contributed by atoms with Gasteiger partial charge in [0, 0.05) is 18.1 Å². The van der Waals surface area contributed by atoms with Crippen LogP contribution in [0.2, 0.25) is 0 Å². The van der Waals surface area contributed by atoms with Gasteiger partial charge in [-0.2, -0.15) is 0 Å². The van der Waals surface area contributed by atoms with Gasteiger partial charge in [-0.25, -0.2) is 9.18 Å². The molecule has 0 spiro atoms. The molecule has 4 rings (SSSR count). The first-order chi connectivity index (χ1) is 11.1. The molecule has 2 unspecified atom stereocenters. The SMILES string of the molecule is O=C1OCC2=C1C(c1ccc(F)c(Br)c1)C1C(=O)CCCC1=N2. The largest absolute Gasteiger partial charge is 0.456 e. The Labute approximate surface area is 140 Å². The molecule has 3 aliphatic rings. The lowest BCUT2D eigenvalue weighted by Crippen LogP contribution is -2.38. The Morgan fingerprint density at radius 2 is 2.04 bits per heavy atom. The average molecular weight is 378 g/mol. The van der Waals surface area contributed by atoms with E-state index < -0.39 is 17.8 Å². The van der Waals surface area contributed by atoms with E-state index in [0.717, 1.165) is 24.1 Å². The van der Waals surface area contributed by atoms with Crippen molar-refractivity contribution in [2.45, 2.75) is 25.2 Å². The first kappa shape index (κ1) is 14.8. The fourth-order valence-electron chi connectivity index (χ4n) is 3.66. The third kappa shape index (κ3) is 2.27. The zero-order valence-corrected chi connectivity index (χ0v) is 13.7. The first-order valence-corrected chi connectivity index (χ1v) is 8.31. The van der Waals surface area contributed by atoms with Crippen LogP contribution >= 0.6 is 15.9 Å². The third-order valence-corrected chi connectivity index (χ3v) is 5.27. The molecule has 118 valence electrons. The number of aliphatic imine (C=N–C) groups is 1. The third-order valence-electron chi connectivity index (χ3n) is 4.66. The number of Topliss-reactive ketones (excluding diaryl/α,β-unsaturated/α-hetero) is 1. The number of benzene rings is 1. The van der Waals surface area contributed by atoms with E-state index in [2.05, 4.69) is 20.9 Å². The number of ether oxygens (including phenoxy) is 1. The van der Waals surface area contributed by atoms with Crippen molar-refractivity contribution >= 4 is 33.4 Å². The summed E-state index contributed by atoms with van der Waals surface area (Å²) in [6, 6.07) is 4.62. The molecule has 2 aliphatic heterocycles. The fourth-order valence-corrected chi connectivity index (χ4v) is 4.05. The molecule has 1 fully saturated rings. The summed E-state index contributed by atoms with van der Waals surface area (Å²) >= 11 is 3.18. The van der Waals surface area contributed by atoms with Gasteiger partial charge < -0.3 is 4.74 Å². The standard InChI is InChI=1S/C17H13BrFNO3/c18-9-6-8(4-5-10(9)19)14-15-11(2-1-3-13(15)21)20-12-7-23-17(22)16(12)14/h4-6,14-15H,1-3,7H2. The number of nitrogens with zero attached hydrogens (tertiary/aromatic N) is 1. The maximum Gasteiger partial charge on any atom is 0.337 e. The molecular weight excluding hydrogens is 365 g/mol. The first-order valence-electron chi connectivity index (χ1n) is 7.51. The van der Waals surface area contributed by atoms with Gasteiger partial charge in [-0.05, 0) is 46.5 Å². The van der Waals surface area contributed by atoms with Crippen LogP contribution in [0, 0.1) is 11.7 Å². The molecule has 0 N–H and O–H groups in total. The van der Waals surface area contributed by atoms with Gasteiger partial charge in [-0.1, -0.05) is 6.07 Å². The molecule has 23 heavy (non-hydrogen) atoms. The van der Waals surface area contributed by atoms with E-state index in [0.29, 0.717) is 22.2 Å². The maximum absolute atomic E-state index is 13.6. The van der Waals surface area contributed by atoms with Crippen molar-refractivity contribution in [3.8, 4) is 0 Å². The second-order valence-corrected chi connectivity index (χ2v) is 6.84. The lowest BCUT2D eigenvalue weighted by Gasteiger charge is -2.33. The second kappa shape index (κ2) is 5.37. The van der Waals surface area contributed by atoms with Crippen molar-refractivity contribution in [1.29, 1.82) is 0 Å². The molecule has 0 aromatic heterocycles. The minimum atomic E-state index is -0.439. The van der Waals surface area contributed by atoms with Gasteiger partial charge in [-0.15, -0.1) is 0 Å². The topological polar surface area (TPSA) is 55.7 Å². The van der Waals surface area contributed by atoms with Crippen LogP contribution < -0.4 is 0 Å². The monoisotopic (exact) mass is 377 g/mol. The van der Waals surface area contributed by atoms with Crippen LogP contribution in [-0.4, -0.2) is 24.1 Å². The molecular formula is C17H13BrFNO3. The van der Waals surface area contributed by atoms with Gasteiger partial charge in [0.15, 0.2) is 0 Å². The molecule has 0 radical (unpaired) electrons. The summed E-state index contributed by atoms with van der Waals surface area (Å²) in [7, 11) is 0. The number of cyclic esters (lactones) is 1. The zero-order chi connectivity index (χ0) is 16.1. The number of fused-ring (bicyclic) bond motifs is 1. The van der Waals surface area contributed by atoms with E-state index in [1.807, 2.05) is 0 Å². The summed E-state index contributed by atoms with van der Waals surface area (Å²) in [5.74, 6) is -1.59. The molecule has 2 heterocycles. The Bertz CT molecular complexity index is 799.